The van der Waals surface area contributed by atoms with E-state index in [2.05, 4.69) is 40.8 Å². The van der Waals surface area contributed by atoms with Gasteiger partial charge in [-0.2, -0.15) is 0 Å². The molecule has 0 aliphatic rings. The Labute approximate surface area is 180 Å². The normalized spacial score (nSPS) is 14.6. The van der Waals surface area contributed by atoms with Crippen LogP contribution in [0.25, 0.3) is 0 Å². The number of carbonyl (C=O) groups is 1. The largest absolute Gasteiger partial charge is 0.463 e. The zero-order valence-corrected chi connectivity index (χ0v) is 21.2. The van der Waals surface area contributed by atoms with Crippen molar-refractivity contribution in [1.82, 2.24) is 0 Å². The third kappa shape index (κ3) is 14.2. The van der Waals surface area contributed by atoms with Crippen LogP contribution in [0, 0.1) is 0 Å². The minimum absolute atomic E-state index is 0.0445. The SMILES string of the molecule is CCCCCCCC(CCC(OCCOC)OO[Si](C)(C)C(C)(C)C)OC(C)=O. The van der Waals surface area contributed by atoms with E-state index >= 15 is 0 Å². The van der Waals surface area contributed by atoms with E-state index in [-0.39, 0.29) is 17.1 Å². The highest BCUT2D eigenvalue weighted by molar-refractivity contribution is 6.73. The van der Waals surface area contributed by atoms with Crippen molar-refractivity contribution in [2.75, 3.05) is 20.3 Å². The van der Waals surface area contributed by atoms with E-state index in [1.807, 2.05) is 0 Å². The van der Waals surface area contributed by atoms with E-state index in [1.165, 1.54) is 32.6 Å². The maximum absolute atomic E-state index is 11.5. The lowest BCUT2D eigenvalue weighted by atomic mass is 10.0. The minimum Gasteiger partial charge on any atom is -0.463 e. The Morgan fingerprint density at radius 1 is 0.966 bits per heavy atom. The van der Waals surface area contributed by atoms with E-state index in [1.54, 1.807) is 7.11 Å². The lowest BCUT2D eigenvalue weighted by Crippen LogP contribution is -2.42. The molecule has 0 aromatic heterocycles. The van der Waals surface area contributed by atoms with Crippen molar-refractivity contribution in [3.63, 3.8) is 0 Å². The number of rotatable bonds is 17. The van der Waals surface area contributed by atoms with Gasteiger partial charge < -0.3 is 14.2 Å². The average Bonchev–Trinajstić information content (AvgIpc) is 2.61. The molecule has 0 bridgehead atoms. The molecule has 6 nitrogen and oxygen atoms in total. The van der Waals surface area contributed by atoms with Crippen LogP contribution in [0.2, 0.25) is 18.1 Å². The Balaban J connectivity index is 4.69. The minimum atomic E-state index is -2.05. The predicted molar refractivity (Wildman–Crippen MR) is 119 cm³/mol. The summed E-state index contributed by atoms with van der Waals surface area (Å²) in [5, 5.41) is 0.0445. The van der Waals surface area contributed by atoms with Crippen LogP contribution >= 0.6 is 0 Å². The molecule has 7 heteroatoms. The lowest BCUT2D eigenvalue weighted by Gasteiger charge is -2.35. The van der Waals surface area contributed by atoms with E-state index in [9.17, 15) is 4.79 Å². The quantitative estimate of drug-likeness (QED) is 0.0698. The zero-order valence-electron chi connectivity index (χ0n) is 20.2. The first kappa shape index (κ1) is 28.5. The van der Waals surface area contributed by atoms with E-state index in [0.29, 0.717) is 26.1 Å². The Bertz CT molecular complexity index is 422. The molecule has 2 unspecified atom stereocenters. The van der Waals surface area contributed by atoms with Crippen molar-refractivity contribution < 1.29 is 28.5 Å². The molecule has 0 heterocycles. The van der Waals surface area contributed by atoms with Gasteiger partial charge in [0.1, 0.15) is 6.10 Å². The van der Waals surface area contributed by atoms with Gasteiger partial charge in [0.15, 0.2) is 6.29 Å². The topological polar surface area (TPSA) is 63.2 Å². The molecular weight excluding hydrogens is 388 g/mol. The molecule has 0 aromatic rings. The first-order valence-corrected chi connectivity index (χ1v) is 14.1. The Morgan fingerprint density at radius 2 is 1.62 bits per heavy atom. The van der Waals surface area contributed by atoms with Gasteiger partial charge in [0.2, 0.25) is 8.32 Å². The Hall–Kier alpha value is -0.473. The van der Waals surface area contributed by atoms with Crippen LogP contribution in [-0.2, 0) is 28.5 Å². The molecular formula is C22H46O6Si. The van der Waals surface area contributed by atoms with Crippen molar-refractivity contribution in [1.29, 1.82) is 0 Å². The molecule has 0 radical (unpaired) electrons. The molecule has 0 saturated carbocycles. The van der Waals surface area contributed by atoms with Crippen LogP contribution in [0.3, 0.4) is 0 Å². The fourth-order valence-corrected chi connectivity index (χ4v) is 3.11. The second-order valence-electron chi connectivity index (χ2n) is 9.24. The number of methoxy groups -OCH3 is 1. The van der Waals surface area contributed by atoms with E-state index < -0.39 is 14.6 Å². The first-order chi connectivity index (χ1) is 13.5. The average molecular weight is 435 g/mol. The predicted octanol–water partition coefficient (Wildman–Crippen LogP) is 6.00. The van der Waals surface area contributed by atoms with Crippen LogP contribution < -0.4 is 0 Å². The summed E-state index contributed by atoms with van der Waals surface area (Å²) in [6.07, 6.45) is 7.49. The summed E-state index contributed by atoms with van der Waals surface area (Å²) in [6.45, 7) is 15.4. The summed E-state index contributed by atoms with van der Waals surface area (Å²) in [6, 6.07) is 0. The van der Waals surface area contributed by atoms with Crippen LogP contribution in [0.4, 0.5) is 0 Å². The molecule has 0 saturated heterocycles. The first-order valence-electron chi connectivity index (χ1n) is 11.2. The van der Waals surface area contributed by atoms with Gasteiger partial charge >= 0.3 is 5.97 Å². The molecule has 2 atom stereocenters. The van der Waals surface area contributed by atoms with Crippen LogP contribution in [0.5, 0.6) is 0 Å². The maximum atomic E-state index is 11.5. The number of ether oxygens (including phenoxy) is 3. The van der Waals surface area contributed by atoms with Crippen molar-refractivity contribution in [2.45, 2.75) is 117 Å². The van der Waals surface area contributed by atoms with Crippen molar-refractivity contribution >= 4 is 14.3 Å². The highest BCUT2D eigenvalue weighted by Crippen LogP contribution is 2.37. The Morgan fingerprint density at radius 3 is 2.17 bits per heavy atom. The van der Waals surface area contributed by atoms with Gasteiger partial charge in [-0.15, -0.1) is 0 Å². The van der Waals surface area contributed by atoms with Gasteiger partial charge in [-0.3, -0.25) is 9.37 Å². The van der Waals surface area contributed by atoms with Crippen molar-refractivity contribution in [3.05, 3.63) is 0 Å². The third-order valence-corrected chi connectivity index (χ3v) is 9.57. The standard InChI is InChI=1S/C22H46O6Si/c1-9-10-11-12-13-14-20(26-19(2)23)15-16-21(25-18-17-24-6)27-28-29(7,8)22(3,4)5/h20-21H,9-18H2,1-8H3. The van der Waals surface area contributed by atoms with Gasteiger partial charge in [-0.1, -0.05) is 53.4 Å². The Kier molecular flexibility index (Phi) is 15.1. The number of carbonyl (C=O) groups excluding carboxylic acids is 1. The summed E-state index contributed by atoms with van der Waals surface area (Å²) < 4.78 is 22.3. The molecule has 0 fully saturated rings. The van der Waals surface area contributed by atoms with Gasteiger partial charge in [0, 0.05) is 20.5 Å². The van der Waals surface area contributed by atoms with Gasteiger partial charge in [-0.05, 0) is 37.4 Å². The fraction of sp³-hybridized carbons (Fsp3) is 0.955. The van der Waals surface area contributed by atoms with Crippen LogP contribution in [0.15, 0.2) is 0 Å². The molecule has 0 spiro atoms. The highest BCUT2D eigenvalue weighted by atomic mass is 28.4. The smallest absolute Gasteiger partial charge is 0.302 e. The second-order valence-corrected chi connectivity index (χ2v) is 13.9. The highest BCUT2D eigenvalue weighted by Gasteiger charge is 2.39. The number of hydrogen-bond donors (Lipinski definition) is 0. The van der Waals surface area contributed by atoms with Crippen LogP contribution in [0.1, 0.15) is 86.0 Å². The van der Waals surface area contributed by atoms with Gasteiger partial charge in [-0.25, -0.2) is 4.89 Å². The number of hydrogen-bond acceptors (Lipinski definition) is 6. The molecule has 0 N–H and O–H groups in total. The lowest BCUT2D eigenvalue weighted by molar-refractivity contribution is -0.332. The molecule has 0 aliphatic heterocycles. The van der Waals surface area contributed by atoms with E-state index in [4.69, 9.17) is 23.7 Å². The summed E-state index contributed by atoms with van der Waals surface area (Å²) in [7, 11) is -0.411. The molecule has 0 aromatic carbocycles. The van der Waals surface area contributed by atoms with Crippen LogP contribution in [-0.4, -0.2) is 47.0 Å². The molecule has 0 aliphatic carbocycles. The zero-order chi connectivity index (χ0) is 22.3. The molecule has 0 rings (SSSR count). The monoisotopic (exact) mass is 434 g/mol. The summed E-state index contributed by atoms with van der Waals surface area (Å²) >= 11 is 0. The summed E-state index contributed by atoms with van der Waals surface area (Å²) in [4.78, 5) is 17.2. The fourth-order valence-electron chi connectivity index (χ4n) is 2.52. The molecule has 174 valence electrons. The second kappa shape index (κ2) is 15.3. The maximum Gasteiger partial charge on any atom is 0.302 e. The molecule has 29 heavy (non-hydrogen) atoms. The van der Waals surface area contributed by atoms with Crippen molar-refractivity contribution in [2.24, 2.45) is 0 Å². The summed E-state index contributed by atoms with van der Waals surface area (Å²) in [5.41, 5.74) is 0. The van der Waals surface area contributed by atoms with Crippen molar-refractivity contribution in [3.8, 4) is 0 Å². The summed E-state index contributed by atoms with van der Waals surface area (Å²) in [5.74, 6) is -0.237. The number of esters is 1. The van der Waals surface area contributed by atoms with E-state index in [0.717, 1.165) is 12.8 Å². The molecule has 0 amide bonds. The third-order valence-electron chi connectivity index (χ3n) is 5.45. The van der Waals surface area contributed by atoms with Gasteiger partial charge in [0.25, 0.3) is 0 Å². The van der Waals surface area contributed by atoms with Gasteiger partial charge in [0.05, 0.1) is 13.2 Å². The number of unbranched alkanes of at least 4 members (excludes halogenated alkanes) is 4.